The van der Waals surface area contributed by atoms with Gasteiger partial charge in [0.25, 0.3) is 0 Å². The third kappa shape index (κ3) is 2.72. The highest BCUT2D eigenvalue weighted by Gasteiger charge is 2.18. The standard InChI is InChI=1S/C17H12FN5O2S/c1-25-17(24)14-6-12(9-20-14)15-13-5-11(10-3-2-4-19-7-10)8-21-16(13)23(22-15)26-18/h2-9,20H,1H3. The molecule has 4 aromatic heterocycles. The predicted molar refractivity (Wildman–Crippen MR) is 96.0 cm³/mol. The van der Waals surface area contributed by atoms with Gasteiger partial charge in [0.15, 0.2) is 18.0 Å². The molecule has 7 nitrogen and oxygen atoms in total. The monoisotopic (exact) mass is 369 g/mol. The summed E-state index contributed by atoms with van der Waals surface area (Å²) >= 11 is -0.0381. The van der Waals surface area contributed by atoms with Crippen molar-refractivity contribution < 1.29 is 13.4 Å². The molecule has 26 heavy (non-hydrogen) atoms. The molecule has 0 saturated heterocycles. The topological polar surface area (TPSA) is 85.7 Å². The van der Waals surface area contributed by atoms with E-state index in [1.165, 1.54) is 7.11 Å². The van der Waals surface area contributed by atoms with Gasteiger partial charge in [-0.25, -0.2) is 9.78 Å². The van der Waals surface area contributed by atoms with Crippen LogP contribution in [0.3, 0.4) is 0 Å². The Balaban J connectivity index is 1.88. The number of hydrogen-bond donors (Lipinski definition) is 1. The smallest absolute Gasteiger partial charge is 0.354 e. The fourth-order valence-electron chi connectivity index (χ4n) is 2.69. The molecule has 0 aliphatic heterocycles. The van der Waals surface area contributed by atoms with Gasteiger partial charge in [-0.2, -0.15) is 9.19 Å². The number of carbonyl (C=O) groups excluding carboxylic acids is 1. The number of rotatable bonds is 4. The summed E-state index contributed by atoms with van der Waals surface area (Å²) in [4.78, 5) is 22.9. The van der Waals surface area contributed by atoms with Crippen molar-refractivity contribution in [2.75, 3.05) is 7.11 Å². The van der Waals surface area contributed by atoms with Gasteiger partial charge in [-0.3, -0.25) is 4.98 Å². The zero-order valence-electron chi connectivity index (χ0n) is 13.5. The molecule has 0 saturated carbocycles. The number of nitrogens with one attached hydrogen (secondary N) is 1. The van der Waals surface area contributed by atoms with Crippen molar-refractivity contribution in [2.45, 2.75) is 0 Å². The second-order valence-corrected chi connectivity index (χ2v) is 5.90. The van der Waals surface area contributed by atoms with Crippen LogP contribution in [0.4, 0.5) is 3.89 Å². The fraction of sp³-hybridized carbons (Fsp3) is 0.0588. The first-order chi connectivity index (χ1) is 12.7. The van der Waals surface area contributed by atoms with E-state index in [0.29, 0.717) is 22.3 Å². The van der Waals surface area contributed by atoms with Crippen LogP contribution in [0.15, 0.2) is 49.1 Å². The predicted octanol–water partition coefficient (Wildman–Crippen LogP) is 3.66. The molecule has 0 aliphatic rings. The molecule has 0 unspecified atom stereocenters. The maximum atomic E-state index is 13.3. The molecule has 9 heteroatoms. The van der Waals surface area contributed by atoms with Crippen molar-refractivity contribution >= 4 is 29.3 Å². The molecule has 0 radical (unpaired) electrons. The number of aromatic amines is 1. The molecule has 4 heterocycles. The van der Waals surface area contributed by atoms with Crippen LogP contribution in [0.25, 0.3) is 33.4 Å². The highest BCUT2D eigenvalue weighted by atomic mass is 32.2. The van der Waals surface area contributed by atoms with E-state index in [0.717, 1.165) is 15.2 Å². The van der Waals surface area contributed by atoms with Crippen LogP contribution < -0.4 is 0 Å². The number of methoxy groups -OCH3 is 1. The second-order valence-electron chi connectivity index (χ2n) is 5.42. The van der Waals surface area contributed by atoms with Gasteiger partial charge in [0.05, 0.1) is 7.11 Å². The first-order valence-electron chi connectivity index (χ1n) is 7.56. The molecule has 4 aromatic rings. The van der Waals surface area contributed by atoms with Crippen molar-refractivity contribution in [1.82, 2.24) is 24.1 Å². The van der Waals surface area contributed by atoms with Gasteiger partial charge in [0.1, 0.15) is 11.4 Å². The van der Waals surface area contributed by atoms with Gasteiger partial charge in [-0.15, -0.1) is 3.89 Å². The largest absolute Gasteiger partial charge is 0.464 e. The normalized spacial score (nSPS) is 11.0. The molecule has 0 amide bonds. The van der Waals surface area contributed by atoms with E-state index >= 15 is 0 Å². The van der Waals surface area contributed by atoms with Gasteiger partial charge in [0, 0.05) is 46.9 Å². The first kappa shape index (κ1) is 16.3. The Bertz CT molecular complexity index is 1090. The number of nitrogens with zero attached hydrogens (tertiary/aromatic N) is 4. The van der Waals surface area contributed by atoms with Crippen LogP contribution in [0.2, 0.25) is 0 Å². The molecule has 0 aromatic carbocycles. The van der Waals surface area contributed by atoms with Crippen molar-refractivity contribution in [3.63, 3.8) is 0 Å². The molecule has 0 aliphatic carbocycles. The van der Waals surface area contributed by atoms with Crippen LogP contribution in [0, 0.1) is 0 Å². The molecule has 4 rings (SSSR count). The van der Waals surface area contributed by atoms with E-state index < -0.39 is 5.97 Å². The molecule has 1 N–H and O–H groups in total. The molecule has 0 fully saturated rings. The molecular weight excluding hydrogens is 357 g/mol. The molecule has 0 bridgehead atoms. The summed E-state index contributed by atoms with van der Waals surface area (Å²) in [7, 11) is 1.30. The van der Waals surface area contributed by atoms with Crippen LogP contribution >= 0.6 is 12.3 Å². The number of carbonyl (C=O) groups is 1. The van der Waals surface area contributed by atoms with E-state index in [4.69, 9.17) is 4.74 Å². The highest BCUT2D eigenvalue weighted by Crippen LogP contribution is 2.32. The van der Waals surface area contributed by atoms with Gasteiger partial charge < -0.3 is 9.72 Å². The minimum absolute atomic E-state index is 0.0381. The number of pyridine rings is 2. The maximum absolute atomic E-state index is 13.3. The third-order valence-electron chi connectivity index (χ3n) is 3.92. The number of esters is 1. The van der Waals surface area contributed by atoms with E-state index in [2.05, 4.69) is 20.1 Å². The van der Waals surface area contributed by atoms with Crippen LogP contribution in [-0.4, -0.2) is 37.2 Å². The van der Waals surface area contributed by atoms with Crippen molar-refractivity contribution in [2.24, 2.45) is 0 Å². The molecular formula is C17H12FN5O2S. The van der Waals surface area contributed by atoms with Crippen molar-refractivity contribution in [3.05, 3.63) is 54.7 Å². The average molecular weight is 369 g/mol. The summed E-state index contributed by atoms with van der Waals surface area (Å²) in [6.45, 7) is 0. The van der Waals surface area contributed by atoms with Gasteiger partial charge in [0.2, 0.25) is 0 Å². The maximum Gasteiger partial charge on any atom is 0.354 e. The summed E-state index contributed by atoms with van der Waals surface area (Å²) in [6.07, 6.45) is 6.68. The quantitative estimate of drug-likeness (QED) is 0.553. The Kier molecular flexibility index (Phi) is 4.13. The van der Waals surface area contributed by atoms with Crippen molar-refractivity contribution in [1.29, 1.82) is 0 Å². The van der Waals surface area contributed by atoms with E-state index in [1.54, 1.807) is 30.9 Å². The lowest BCUT2D eigenvalue weighted by molar-refractivity contribution is 0.0595. The zero-order valence-corrected chi connectivity index (χ0v) is 14.3. The van der Waals surface area contributed by atoms with Crippen LogP contribution in [-0.2, 0) is 4.74 Å². The van der Waals surface area contributed by atoms with Gasteiger partial charge in [-0.1, -0.05) is 6.07 Å². The third-order valence-corrected chi connectivity index (χ3v) is 4.30. The lowest BCUT2D eigenvalue weighted by atomic mass is 10.1. The lowest BCUT2D eigenvalue weighted by Crippen LogP contribution is -2.00. The number of aromatic nitrogens is 5. The number of H-pyrrole nitrogens is 1. The summed E-state index contributed by atoms with van der Waals surface area (Å²) in [5.74, 6) is -0.492. The minimum Gasteiger partial charge on any atom is -0.464 e. The Morgan fingerprint density at radius 2 is 2.15 bits per heavy atom. The number of fused-ring (bicyclic) bond motifs is 1. The summed E-state index contributed by atoms with van der Waals surface area (Å²) in [5.41, 5.74) is 3.54. The number of hydrogen-bond acceptors (Lipinski definition) is 6. The zero-order chi connectivity index (χ0) is 18.1. The van der Waals surface area contributed by atoms with E-state index in [1.807, 2.05) is 18.2 Å². The molecule has 130 valence electrons. The molecule has 0 spiro atoms. The SMILES string of the molecule is COC(=O)c1cc(-c2nn(SF)c3ncc(-c4cccnc4)cc23)c[nH]1. The minimum atomic E-state index is -0.492. The van der Waals surface area contributed by atoms with E-state index in [-0.39, 0.29) is 18.0 Å². The van der Waals surface area contributed by atoms with Crippen molar-refractivity contribution in [3.8, 4) is 22.4 Å². The number of ether oxygens (including phenoxy) is 1. The Morgan fingerprint density at radius 1 is 1.27 bits per heavy atom. The summed E-state index contributed by atoms with van der Waals surface area (Å²) in [6, 6.07) is 7.22. The first-order valence-corrected chi connectivity index (χ1v) is 8.24. The van der Waals surface area contributed by atoms with Crippen LogP contribution in [0.5, 0.6) is 0 Å². The van der Waals surface area contributed by atoms with Crippen LogP contribution in [0.1, 0.15) is 10.5 Å². The summed E-state index contributed by atoms with van der Waals surface area (Å²) in [5, 5.41) is 4.92. The lowest BCUT2D eigenvalue weighted by Gasteiger charge is -2.01. The Hall–Kier alpha value is -3.20. The Morgan fingerprint density at radius 3 is 2.88 bits per heavy atom. The second kappa shape index (κ2) is 6.60. The highest BCUT2D eigenvalue weighted by molar-refractivity contribution is 7.92. The van der Waals surface area contributed by atoms with Gasteiger partial charge in [-0.05, 0) is 18.2 Å². The van der Waals surface area contributed by atoms with E-state index in [9.17, 15) is 8.68 Å². The average Bonchev–Trinajstić information content (AvgIpc) is 3.32. The number of halogens is 1. The fourth-order valence-corrected chi connectivity index (χ4v) is 3.01. The summed E-state index contributed by atoms with van der Waals surface area (Å²) < 4.78 is 19.1. The Labute approximate surface area is 151 Å². The molecule has 0 atom stereocenters. The van der Waals surface area contributed by atoms with Gasteiger partial charge >= 0.3 is 5.97 Å².